The van der Waals surface area contributed by atoms with E-state index >= 15 is 0 Å². The van der Waals surface area contributed by atoms with Crippen LogP contribution in [-0.4, -0.2) is 26.8 Å². The molecular formula is C9H9BrN4O. The summed E-state index contributed by atoms with van der Waals surface area (Å²) in [6.45, 7) is 2.54. The van der Waals surface area contributed by atoms with Crippen LogP contribution in [-0.2, 0) is 0 Å². The molecule has 2 rings (SSSR count). The lowest BCUT2D eigenvalue weighted by Crippen LogP contribution is -2.01. The summed E-state index contributed by atoms with van der Waals surface area (Å²) >= 11 is 3.40. The first kappa shape index (κ1) is 10.1. The number of ether oxygens (including phenoxy) is 1. The van der Waals surface area contributed by atoms with Crippen LogP contribution in [0.25, 0.3) is 5.69 Å². The Morgan fingerprint density at radius 2 is 2.33 bits per heavy atom. The molecule has 78 valence electrons. The lowest BCUT2D eigenvalue weighted by Gasteiger charge is -2.09. The van der Waals surface area contributed by atoms with E-state index in [-0.39, 0.29) is 0 Å². The monoisotopic (exact) mass is 268 g/mol. The van der Waals surface area contributed by atoms with Crippen LogP contribution in [0.2, 0.25) is 0 Å². The lowest BCUT2D eigenvalue weighted by atomic mass is 10.3. The molecular weight excluding hydrogens is 260 g/mol. The molecule has 0 aliphatic heterocycles. The Bertz CT molecular complexity index is 443. The SMILES string of the molecule is CCOc1ccc(Br)cc1-n1cnnn1. The Labute approximate surface area is 95.2 Å². The predicted molar refractivity (Wildman–Crippen MR) is 58.0 cm³/mol. The zero-order chi connectivity index (χ0) is 10.7. The molecule has 0 unspecified atom stereocenters. The van der Waals surface area contributed by atoms with Crippen LogP contribution in [0.5, 0.6) is 5.75 Å². The molecule has 0 saturated heterocycles. The van der Waals surface area contributed by atoms with E-state index in [0.717, 1.165) is 15.9 Å². The van der Waals surface area contributed by atoms with E-state index in [1.54, 1.807) is 4.68 Å². The minimum Gasteiger partial charge on any atom is -0.492 e. The van der Waals surface area contributed by atoms with Gasteiger partial charge in [0.25, 0.3) is 0 Å². The fraction of sp³-hybridized carbons (Fsp3) is 0.222. The van der Waals surface area contributed by atoms with Crippen LogP contribution in [0.3, 0.4) is 0 Å². The summed E-state index contributed by atoms with van der Waals surface area (Å²) in [7, 11) is 0. The maximum atomic E-state index is 5.48. The van der Waals surface area contributed by atoms with Gasteiger partial charge in [0, 0.05) is 4.47 Å². The van der Waals surface area contributed by atoms with Gasteiger partial charge in [0.15, 0.2) is 0 Å². The van der Waals surface area contributed by atoms with E-state index in [4.69, 9.17) is 4.74 Å². The van der Waals surface area contributed by atoms with Crippen LogP contribution in [0, 0.1) is 0 Å². The Morgan fingerprint density at radius 3 is 3.00 bits per heavy atom. The van der Waals surface area contributed by atoms with Crippen molar-refractivity contribution in [1.82, 2.24) is 20.2 Å². The molecule has 0 N–H and O–H groups in total. The highest BCUT2D eigenvalue weighted by molar-refractivity contribution is 9.10. The maximum absolute atomic E-state index is 5.48. The van der Waals surface area contributed by atoms with Crippen molar-refractivity contribution in [3.05, 3.63) is 29.0 Å². The Hall–Kier alpha value is -1.43. The van der Waals surface area contributed by atoms with E-state index in [9.17, 15) is 0 Å². The van der Waals surface area contributed by atoms with Crippen molar-refractivity contribution in [1.29, 1.82) is 0 Å². The Balaban J connectivity index is 2.47. The lowest BCUT2D eigenvalue weighted by molar-refractivity contribution is 0.338. The average molecular weight is 269 g/mol. The Kier molecular flexibility index (Phi) is 2.96. The van der Waals surface area contributed by atoms with E-state index in [2.05, 4.69) is 31.5 Å². The number of hydrogen-bond donors (Lipinski definition) is 0. The van der Waals surface area contributed by atoms with Gasteiger partial charge < -0.3 is 4.74 Å². The van der Waals surface area contributed by atoms with E-state index < -0.39 is 0 Å². The van der Waals surface area contributed by atoms with E-state index in [1.165, 1.54) is 6.33 Å². The summed E-state index contributed by atoms with van der Waals surface area (Å²) in [5.74, 6) is 0.757. The quantitative estimate of drug-likeness (QED) is 0.852. The number of hydrogen-bond acceptors (Lipinski definition) is 4. The molecule has 1 aromatic heterocycles. The number of halogens is 1. The van der Waals surface area contributed by atoms with Crippen molar-refractivity contribution >= 4 is 15.9 Å². The Morgan fingerprint density at radius 1 is 1.47 bits per heavy atom. The van der Waals surface area contributed by atoms with Crippen molar-refractivity contribution in [2.24, 2.45) is 0 Å². The minimum atomic E-state index is 0.608. The summed E-state index contributed by atoms with van der Waals surface area (Å²) in [6.07, 6.45) is 1.53. The number of nitrogens with zero attached hydrogens (tertiary/aromatic N) is 4. The number of benzene rings is 1. The molecule has 0 bridgehead atoms. The molecule has 0 aliphatic rings. The zero-order valence-corrected chi connectivity index (χ0v) is 9.68. The third-order valence-corrected chi connectivity index (χ3v) is 2.31. The molecule has 6 heteroatoms. The van der Waals surface area contributed by atoms with Crippen molar-refractivity contribution in [3.8, 4) is 11.4 Å². The van der Waals surface area contributed by atoms with Crippen molar-refractivity contribution in [2.75, 3.05) is 6.61 Å². The number of aromatic nitrogens is 4. The zero-order valence-electron chi connectivity index (χ0n) is 8.09. The first-order valence-electron chi connectivity index (χ1n) is 4.47. The molecule has 0 aliphatic carbocycles. The van der Waals surface area contributed by atoms with Gasteiger partial charge in [0.1, 0.15) is 17.8 Å². The highest BCUT2D eigenvalue weighted by Crippen LogP contribution is 2.25. The summed E-state index contributed by atoms with van der Waals surface area (Å²) in [5, 5.41) is 11.0. The summed E-state index contributed by atoms with van der Waals surface area (Å²) in [6, 6.07) is 5.70. The molecule has 2 aromatic rings. The van der Waals surface area contributed by atoms with Gasteiger partial charge in [-0.05, 0) is 35.5 Å². The molecule has 5 nitrogen and oxygen atoms in total. The van der Waals surface area contributed by atoms with Crippen LogP contribution in [0.4, 0.5) is 0 Å². The summed E-state index contributed by atoms with van der Waals surface area (Å²) in [4.78, 5) is 0. The van der Waals surface area contributed by atoms with Crippen LogP contribution >= 0.6 is 15.9 Å². The van der Waals surface area contributed by atoms with Gasteiger partial charge in [-0.1, -0.05) is 15.9 Å². The summed E-state index contributed by atoms with van der Waals surface area (Å²) in [5.41, 5.74) is 0.816. The third kappa shape index (κ3) is 2.15. The van der Waals surface area contributed by atoms with E-state index in [1.807, 2.05) is 25.1 Å². The van der Waals surface area contributed by atoms with Crippen LogP contribution in [0.15, 0.2) is 29.0 Å². The van der Waals surface area contributed by atoms with Crippen molar-refractivity contribution in [3.63, 3.8) is 0 Å². The van der Waals surface area contributed by atoms with Crippen molar-refractivity contribution < 1.29 is 4.74 Å². The summed E-state index contributed by atoms with van der Waals surface area (Å²) < 4.78 is 8.00. The first-order valence-corrected chi connectivity index (χ1v) is 5.26. The molecule has 0 amide bonds. The van der Waals surface area contributed by atoms with E-state index in [0.29, 0.717) is 6.61 Å². The topological polar surface area (TPSA) is 52.8 Å². The van der Waals surface area contributed by atoms with Gasteiger partial charge in [-0.25, -0.2) is 0 Å². The predicted octanol–water partition coefficient (Wildman–Crippen LogP) is 1.82. The smallest absolute Gasteiger partial charge is 0.145 e. The molecule has 0 saturated carbocycles. The highest BCUT2D eigenvalue weighted by atomic mass is 79.9. The second-order valence-corrected chi connectivity index (χ2v) is 3.72. The standard InChI is InChI=1S/C9H9BrN4O/c1-2-15-9-4-3-7(10)5-8(9)14-6-11-12-13-14/h3-6H,2H2,1H3. The third-order valence-electron chi connectivity index (χ3n) is 1.82. The molecule has 1 aromatic carbocycles. The fourth-order valence-corrected chi connectivity index (χ4v) is 1.57. The van der Waals surface area contributed by atoms with Gasteiger partial charge in [0.2, 0.25) is 0 Å². The number of tetrazole rings is 1. The molecule has 15 heavy (non-hydrogen) atoms. The first-order chi connectivity index (χ1) is 7.31. The highest BCUT2D eigenvalue weighted by Gasteiger charge is 2.07. The molecule has 0 spiro atoms. The van der Waals surface area contributed by atoms with Gasteiger partial charge in [-0.15, -0.1) is 5.10 Å². The van der Waals surface area contributed by atoms with Gasteiger partial charge >= 0.3 is 0 Å². The fourth-order valence-electron chi connectivity index (χ4n) is 1.22. The van der Waals surface area contributed by atoms with Gasteiger partial charge in [-0.2, -0.15) is 4.68 Å². The normalized spacial score (nSPS) is 10.3. The van der Waals surface area contributed by atoms with Gasteiger partial charge in [0.05, 0.1) is 6.61 Å². The largest absolute Gasteiger partial charge is 0.492 e. The van der Waals surface area contributed by atoms with Crippen LogP contribution < -0.4 is 4.74 Å². The molecule has 0 fully saturated rings. The minimum absolute atomic E-state index is 0.608. The molecule has 0 radical (unpaired) electrons. The van der Waals surface area contributed by atoms with Gasteiger partial charge in [-0.3, -0.25) is 0 Å². The van der Waals surface area contributed by atoms with Crippen LogP contribution in [0.1, 0.15) is 6.92 Å². The second-order valence-electron chi connectivity index (χ2n) is 2.80. The maximum Gasteiger partial charge on any atom is 0.145 e. The van der Waals surface area contributed by atoms with Crippen molar-refractivity contribution in [2.45, 2.75) is 6.92 Å². The second kappa shape index (κ2) is 4.39. The number of rotatable bonds is 3. The molecule has 0 atom stereocenters. The average Bonchev–Trinajstić information content (AvgIpc) is 2.74. The molecule has 1 heterocycles.